The average Bonchev–Trinajstić information content (AvgIpc) is 2.11. The molecule has 1 rings (SSSR count). The third-order valence-electron chi connectivity index (χ3n) is 2.09. The molecular weight excluding hydrogens is 169 g/mol. The highest BCUT2D eigenvalue weighted by molar-refractivity contribution is 5.40. The van der Waals surface area contributed by atoms with Crippen molar-refractivity contribution in [2.24, 2.45) is 5.73 Å². The van der Waals surface area contributed by atoms with Crippen LogP contribution in [0.4, 0.5) is 4.39 Å². The van der Waals surface area contributed by atoms with Crippen LogP contribution < -0.4 is 10.5 Å². The van der Waals surface area contributed by atoms with Crippen molar-refractivity contribution in [3.05, 3.63) is 29.1 Å². The molecule has 0 saturated heterocycles. The van der Waals surface area contributed by atoms with Crippen LogP contribution >= 0.6 is 0 Å². The zero-order valence-electron chi connectivity index (χ0n) is 7.93. The van der Waals surface area contributed by atoms with Gasteiger partial charge in [0, 0.05) is 0 Å². The number of hydrogen-bond acceptors (Lipinski definition) is 2. The molecule has 2 N–H and O–H groups in total. The van der Waals surface area contributed by atoms with E-state index in [4.69, 9.17) is 10.5 Å². The SMILES string of the molecule is COc1c(F)ccc(CCN)c1C. The van der Waals surface area contributed by atoms with Crippen LogP contribution in [-0.2, 0) is 6.42 Å². The van der Waals surface area contributed by atoms with Gasteiger partial charge in [-0.2, -0.15) is 0 Å². The maximum atomic E-state index is 13.1. The number of hydrogen-bond donors (Lipinski definition) is 1. The molecule has 3 heteroatoms. The third kappa shape index (κ3) is 1.98. The zero-order chi connectivity index (χ0) is 9.84. The highest BCUT2D eigenvalue weighted by Crippen LogP contribution is 2.24. The van der Waals surface area contributed by atoms with Crippen LogP contribution in [0.25, 0.3) is 0 Å². The molecule has 0 atom stereocenters. The molecule has 0 aliphatic heterocycles. The molecule has 0 saturated carbocycles. The summed E-state index contributed by atoms with van der Waals surface area (Å²) in [6.45, 7) is 2.41. The molecule has 72 valence electrons. The molecule has 0 radical (unpaired) electrons. The maximum absolute atomic E-state index is 13.1. The Balaban J connectivity index is 3.11. The molecule has 0 aromatic heterocycles. The summed E-state index contributed by atoms with van der Waals surface area (Å²) in [4.78, 5) is 0. The van der Waals surface area contributed by atoms with Gasteiger partial charge in [-0.15, -0.1) is 0 Å². The Morgan fingerprint density at radius 2 is 2.15 bits per heavy atom. The van der Waals surface area contributed by atoms with Crippen LogP contribution in [0, 0.1) is 12.7 Å². The van der Waals surface area contributed by atoms with Gasteiger partial charge in [0.2, 0.25) is 0 Å². The topological polar surface area (TPSA) is 35.2 Å². The van der Waals surface area contributed by atoms with E-state index in [0.717, 1.165) is 17.5 Å². The van der Waals surface area contributed by atoms with Gasteiger partial charge in [-0.25, -0.2) is 4.39 Å². The second-order valence-electron chi connectivity index (χ2n) is 2.90. The Morgan fingerprint density at radius 1 is 1.46 bits per heavy atom. The Bertz CT molecular complexity index is 299. The largest absolute Gasteiger partial charge is 0.493 e. The lowest BCUT2D eigenvalue weighted by Crippen LogP contribution is -2.05. The minimum Gasteiger partial charge on any atom is -0.493 e. The Morgan fingerprint density at radius 3 is 2.69 bits per heavy atom. The van der Waals surface area contributed by atoms with Gasteiger partial charge in [0.05, 0.1) is 7.11 Å². The number of nitrogens with two attached hydrogens (primary N) is 1. The van der Waals surface area contributed by atoms with Crippen LogP contribution in [-0.4, -0.2) is 13.7 Å². The third-order valence-corrected chi connectivity index (χ3v) is 2.09. The monoisotopic (exact) mass is 183 g/mol. The van der Waals surface area contributed by atoms with Crippen molar-refractivity contribution >= 4 is 0 Å². The second kappa shape index (κ2) is 4.23. The molecule has 0 heterocycles. The van der Waals surface area contributed by atoms with Crippen molar-refractivity contribution < 1.29 is 9.13 Å². The quantitative estimate of drug-likeness (QED) is 0.773. The molecule has 0 amide bonds. The van der Waals surface area contributed by atoms with Crippen molar-refractivity contribution in [1.82, 2.24) is 0 Å². The lowest BCUT2D eigenvalue weighted by molar-refractivity contribution is 0.382. The van der Waals surface area contributed by atoms with E-state index in [1.165, 1.54) is 13.2 Å². The summed E-state index contributed by atoms with van der Waals surface area (Å²) in [5.74, 6) is 0.00622. The number of ether oxygens (including phenoxy) is 1. The molecule has 2 nitrogen and oxygen atoms in total. The summed E-state index contributed by atoms with van der Waals surface area (Å²) in [6.07, 6.45) is 0.752. The van der Waals surface area contributed by atoms with E-state index in [9.17, 15) is 4.39 Å². The summed E-state index contributed by atoms with van der Waals surface area (Å²) in [5.41, 5.74) is 7.31. The van der Waals surface area contributed by atoms with E-state index in [0.29, 0.717) is 12.3 Å². The number of methoxy groups -OCH3 is 1. The predicted octanol–water partition coefficient (Wildman–Crippen LogP) is 1.64. The number of benzene rings is 1. The lowest BCUT2D eigenvalue weighted by Gasteiger charge is -2.10. The van der Waals surface area contributed by atoms with Crippen LogP contribution in [0.2, 0.25) is 0 Å². The molecule has 0 fully saturated rings. The standard InChI is InChI=1S/C10H14FNO/c1-7-8(5-6-12)3-4-9(11)10(7)13-2/h3-4H,5-6,12H2,1-2H3. The van der Waals surface area contributed by atoms with Crippen LogP contribution in [0.3, 0.4) is 0 Å². The summed E-state index contributed by atoms with van der Waals surface area (Å²) in [7, 11) is 1.47. The van der Waals surface area contributed by atoms with Gasteiger partial charge in [-0.05, 0) is 37.1 Å². The Kier molecular flexibility index (Phi) is 3.25. The fourth-order valence-corrected chi connectivity index (χ4v) is 1.38. The molecule has 1 aromatic carbocycles. The van der Waals surface area contributed by atoms with Gasteiger partial charge in [-0.3, -0.25) is 0 Å². The predicted molar refractivity (Wildman–Crippen MR) is 50.4 cm³/mol. The molecule has 0 aliphatic carbocycles. The average molecular weight is 183 g/mol. The van der Waals surface area contributed by atoms with Crippen molar-refractivity contribution in [3.63, 3.8) is 0 Å². The molecule has 0 spiro atoms. The van der Waals surface area contributed by atoms with E-state index < -0.39 is 0 Å². The maximum Gasteiger partial charge on any atom is 0.165 e. The highest BCUT2D eigenvalue weighted by atomic mass is 19.1. The van der Waals surface area contributed by atoms with E-state index >= 15 is 0 Å². The summed E-state index contributed by atoms with van der Waals surface area (Å²) in [6, 6.07) is 3.16. The van der Waals surface area contributed by atoms with Crippen LogP contribution in [0.15, 0.2) is 12.1 Å². The molecule has 0 unspecified atom stereocenters. The van der Waals surface area contributed by atoms with Gasteiger partial charge in [0.15, 0.2) is 11.6 Å². The van der Waals surface area contributed by atoms with Gasteiger partial charge in [-0.1, -0.05) is 6.07 Å². The summed E-state index contributed by atoms with van der Waals surface area (Å²) >= 11 is 0. The number of halogens is 1. The molecule has 1 aromatic rings. The van der Waals surface area contributed by atoms with Gasteiger partial charge < -0.3 is 10.5 Å². The van der Waals surface area contributed by atoms with E-state index in [2.05, 4.69) is 0 Å². The van der Waals surface area contributed by atoms with Crippen LogP contribution in [0.5, 0.6) is 5.75 Å². The molecule has 13 heavy (non-hydrogen) atoms. The minimum absolute atomic E-state index is 0.319. The Hall–Kier alpha value is -1.09. The highest BCUT2D eigenvalue weighted by Gasteiger charge is 2.09. The fourth-order valence-electron chi connectivity index (χ4n) is 1.38. The Labute approximate surface area is 77.5 Å². The minimum atomic E-state index is -0.319. The van der Waals surface area contributed by atoms with E-state index in [1.54, 1.807) is 6.07 Å². The van der Waals surface area contributed by atoms with E-state index in [-0.39, 0.29) is 5.82 Å². The summed E-state index contributed by atoms with van der Waals surface area (Å²) in [5, 5.41) is 0. The van der Waals surface area contributed by atoms with Gasteiger partial charge >= 0.3 is 0 Å². The molecule has 0 aliphatic rings. The van der Waals surface area contributed by atoms with Crippen molar-refractivity contribution in [1.29, 1.82) is 0 Å². The first-order valence-corrected chi connectivity index (χ1v) is 4.22. The first-order chi connectivity index (χ1) is 6.20. The normalized spacial score (nSPS) is 10.2. The van der Waals surface area contributed by atoms with Crippen LogP contribution in [0.1, 0.15) is 11.1 Å². The first-order valence-electron chi connectivity index (χ1n) is 4.22. The van der Waals surface area contributed by atoms with Crippen molar-refractivity contribution in [2.45, 2.75) is 13.3 Å². The smallest absolute Gasteiger partial charge is 0.165 e. The van der Waals surface area contributed by atoms with E-state index in [1.807, 2.05) is 6.92 Å². The summed E-state index contributed by atoms with van der Waals surface area (Å²) < 4.78 is 18.1. The fraction of sp³-hybridized carbons (Fsp3) is 0.400. The first kappa shape index (κ1) is 9.99. The molecular formula is C10H14FNO. The van der Waals surface area contributed by atoms with Crippen molar-refractivity contribution in [2.75, 3.05) is 13.7 Å². The lowest BCUT2D eigenvalue weighted by atomic mass is 10.0. The molecule has 0 bridgehead atoms. The van der Waals surface area contributed by atoms with Crippen molar-refractivity contribution in [3.8, 4) is 5.75 Å². The number of rotatable bonds is 3. The van der Waals surface area contributed by atoms with Gasteiger partial charge in [0.25, 0.3) is 0 Å². The second-order valence-corrected chi connectivity index (χ2v) is 2.90. The zero-order valence-corrected chi connectivity index (χ0v) is 7.93. The van der Waals surface area contributed by atoms with Gasteiger partial charge in [0.1, 0.15) is 0 Å².